The highest BCUT2D eigenvalue weighted by atomic mass is 31.1. The molecule has 0 aromatic heterocycles. The Morgan fingerprint density at radius 2 is 1.15 bits per heavy atom. The average molecular weight is 301 g/mol. The third kappa shape index (κ3) is 13.4. The summed E-state index contributed by atoms with van der Waals surface area (Å²) in [5.74, 6) is 0.975. The van der Waals surface area contributed by atoms with Crippen molar-refractivity contribution in [2.24, 2.45) is 5.92 Å². The molecule has 0 amide bonds. The van der Waals surface area contributed by atoms with E-state index in [0.29, 0.717) is 7.92 Å². The van der Waals surface area contributed by atoms with Gasteiger partial charge >= 0.3 is 0 Å². The summed E-state index contributed by atoms with van der Waals surface area (Å²) >= 11 is 0. The highest BCUT2D eigenvalue weighted by Gasteiger charge is 2.06. The molecular weight excluding hydrogens is 259 g/mol. The normalized spacial score (nSPS) is 13.1. The monoisotopic (exact) mass is 300 g/mol. The molecule has 0 aliphatic carbocycles. The minimum Gasteiger partial charge on any atom is -0.107 e. The summed E-state index contributed by atoms with van der Waals surface area (Å²) in [4.78, 5) is 0. The zero-order chi connectivity index (χ0) is 15.1. The SMILES string of the molecule is CCCCCCCCCCCC(C)CCP(CC)CC. The molecule has 0 saturated carbocycles. The second-order valence-electron chi connectivity index (χ2n) is 6.54. The first-order valence-corrected chi connectivity index (χ1v) is 11.4. The first-order chi connectivity index (χ1) is 9.74. The van der Waals surface area contributed by atoms with Crippen LogP contribution in [0.3, 0.4) is 0 Å². The predicted molar refractivity (Wildman–Crippen MR) is 98.5 cm³/mol. The Labute approximate surface area is 131 Å². The van der Waals surface area contributed by atoms with Crippen molar-refractivity contribution in [3.05, 3.63) is 0 Å². The van der Waals surface area contributed by atoms with Crippen LogP contribution in [0.2, 0.25) is 0 Å². The van der Waals surface area contributed by atoms with E-state index in [9.17, 15) is 0 Å². The van der Waals surface area contributed by atoms with Crippen LogP contribution in [0, 0.1) is 5.92 Å². The van der Waals surface area contributed by atoms with Crippen molar-refractivity contribution < 1.29 is 0 Å². The van der Waals surface area contributed by atoms with Crippen LogP contribution in [0.5, 0.6) is 0 Å². The van der Waals surface area contributed by atoms with Crippen LogP contribution in [0.1, 0.15) is 98.3 Å². The molecule has 0 nitrogen and oxygen atoms in total. The maximum absolute atomic E-state index is 2.48. The number of rotatable bonds is 15. The fraction of sp³-hybridized carbons (Fsp3) is 1.00. The van der Waals surface area contributed by atoms with Gasteiger partial charge in [-0.2, -0.15) is 0 Å². The summed E-state index contributed by atoms with van der Waals surface area (Å²) in [7, 11) is 0.379. The van der Waals surface area contributed by atoms with Crippen molar-refractivity contribution >= 4 is 7.92 Å². The zero-order valence-electron chi connectivity index (χ0n) is 14.9. The molecule has 0 aliphatic rings. The molecule has 0 aromatic carbocycles. The molecule has 0 rings (SSSR count). The quantitative estimate of drug-likeness (QED) is 0.217. The number of hydrogen-bond donors (Lipinski definition) is 0. The molecule has 0 aliphatic heterocycles. The molecule has 1 atom stereocenters. The van der Waals surface area contributed by atoms with E-state index < -0.39 is 0 Å². The van der Waals surface area contributed by atoms with Crippen molar-refractivity contribution in [3.8, 4) is 0 Å². The molecule has 1 unspecified atom stereocenters. The first kappa shape index (κ1) is 20.4. The van der Waals surface area contributed by atoms with Gasteiger partial charge in [0.05, 0.1) is 0 Å². The summed E-state index contributed by atoms with van der Waals surface area (Å²) in [6.07, 6.45) is 20.5. The molecule has 122 valence electrons. The average Bonchev–Trinajstić information content (AvgIpc) is 2.46. The summed E-state index contributed by atoms with van der Waals surface area (Å²) < 4.78 is 0. The molecule has 20 heavy (non-hydrogen) atoms. The molecular formula is C19H41P. The molecule has 0 N–H and O–H groups in total. The van der Waals surface area contributed by atoms with Gasteiger partial charge in [0.15, 0.2) is 0 Å². The van der Waals surface area contributed by atoms with Crippen LogP contribution in [0.25, 0.3) is 0 Å². The Balaban J connectivity index is 3.24. The second-order valence-corrected chi connectivity index (χ2v) is 9.59. The molecule has 0 heterocycles. The standard InChI is InChI=1S/C19H41P/c1-5-8-9-10-11-12-13-14-15-16-19(4)17-18-20(6-2)7-3/h19H,5-18H2,1-4H3. The largest absolute Gasteiger partial charge is 0.107 e. The summed E-state index contributed by atoms with van der Waals surface area (Å²) in [6, 6.07) is 0. The number of hydrogen-bond acceptors (Lipinski definition) is 0. The lowest BCUT2D eigenvalue weighted by Gasteiger charge is -2.16. The van der Waals surface area contributed by atoms with Crippen LogP contribution >= 0.6 is 7.92 Å². The Hall–Kier alpha value is 0.430. The number of unbranched alkanes of at least 4 members (excludes halogenated alkanes) is 8. The summed E-state index contributed by atoms with van der Waals surface area (Å²) in [5, 5.41) is 0. The lowest BCUT2D eigenvalue weighted by Crippen LogP contribution is -2.00. The van der Waals surface area contributed by atoms with Crippen molar-refractivity contribution in [2.75, 3.05) is 18.5 Å². The summed E-state index contributed by atoms with van der Waals surface area (Å²) in [5.41, 5.74) is 0. The van der Waals surface area contributed by atoms with E-state index in [-0.39, 0.29) is 0 Å². The van der Waals surface area contributed by atoms with Crippen LogP contribution in [0.4, 0.5) is 0 Å². The third-order valence-electron chi connectivity index (χ3n) is 4.63. The third-order valence-corrected chi connectivity index (χ3v) is 7.31. The molecule has 0 bridgehead atoms. The van der Waals surface area contributed by atoms with E-state index in [4.69, 9.17) is 0 Å². The van der Waals surface area contributed by atoms with E-state index in [0.717, 1.165) is 5.92 Å². The highest BCUT2D eigenvalue weighted by molar-refractivity contribution is 7.57. The van der Waals surface area contributed by atoms with Gasteiger partial charge in [0.1, 0.15) is 0 Å². The van der Waals surface area contributed by atoms with Gasteiger partial charge < -0.3 is 0 Å². The highest BCUT2D eigenvalue weighted by Crippen LogP contribution is 2.36. The van der Waals surface area contributed by atoms with E-state index >= 15 is 0 Å². The van der Waals surface area contributed by atoms with Gasteiger partial charge in [0.25, 0.3) is 0 Å². The molecule has 0 saturated heterocycles. The van der Waals surface area contributed by atoms with Crippen LogP contribution in [0.15, 0.2) is 0 Å². The molecule has 1 heteroatoms. The minimum absolute atomic E-state index is 0.379. The van der Waals surface area contributed by atoms with Gasteiger partial charge in [-0.15, -0.1) is 7.92 Å². The zero-order valence-corrected chi connectivity index (χ0v) is 15.8. The van der Waals surface area contributed by atoms with Gasteiger partial charge in [0, 0.05) is 0 Å². The first-order valence-electron chi connectivity index (χ1n) is 9.46. The van der Waals surface area contributed by atoms with Crippen LogP contribution < -0.4 is 0 Å². The van der Waals surface area contributed by atoms with Crippen molar-refractivity contribution in [1.29, 1.82) is 0 Å². The molecule has 0 aromatic rings. The van der Waals surface area contributed by atoms with Gasteiger partial charge in [-0.25, -0.2) is 0 Å². The molecule has 0 radical (unpaired) electrons. The fourth-order valence-electron chi connectivity index (χ4n) is 2.89. The Morgan fingerprint density at radius 3 is 1.65 bits per heavy atom. The van der Waals surface area contributed by atoms with E-state index in [1.165, 1.54) is 89.1 Å². The summed E-state index contributed by atoms with van der Waals surface area (Å²) in [6.45, 7) is 9.52. The van der Waals surface area contributed by atoms with Crippen LogP contribution in [-0.2, 0) is 0 Å². The van der Waals surface area contributed by atoms with Crippen molar-refractivity contribution in [3.63, 3.8) is 0 Å². The minimum atomic E-state index is 0.379. The topological polar surface area (TPSA) is 0 Å². The maximum Gasteiger partial charge on any atom is -0.0324 e. The molecule has 0 fully saturated rings. The predicted octanol–water partition coefficient (Wildman–Crippen LogP) is 7.46. The Kier molecular flexibility index (Phi) is 16.2. The van der Waals surface area contributed by atoms with E-state index in [1.54, 1.807) is 0 Å². The Morgan fingerprint density at radius 1 is 0.650 bits per heavy atom. The lowest BCUT2D eigenvalue weighted by atomic mass is 9.99. The van der Waals surface area contributed by atoms with Crippen molar-refractivity contribution in [2.45, 2.75) is 98.3 Å². The van der Waals surface area contributed by atoms with E-state index in [1.807, 2.05) is 0 Å². The van der Waals surface area contributed by atoms with Crippen molar-refractivity contribution in [1.82, 2.24) is 0 Å². The van der Waals surface area contributed by atoms with Gasteiger partial charge in [-0.3, -0.25) is 0 Å². The maximum atomic E-state index is 2.48. The van der Waals surface area contributed by atoms with Gasteiger partial charge in [-0.05, 0) is 30.8 Å². The van der Waals surface area contributed by atoms with Crippen LogP contribution in [-0.4, -0.2) is 18.5 Å². The lowest BCUT2D eigenvalue weighted by molar-refractivity contribution is 0.471. The second kappa shape index (κ2) is 15.8. The fourth-order valence-corrected chi connectivity index (χ4v) is 4.78. The Bertz CT molecular complexity index is 175. The van der Waals surface area contributed by atoms with Gasteiger partial charge in [0.2, 0.25) is 0 Å². The smallest absolute Gasteiger partial charge is 0.0324 e. The van der Waals surface area contributed by atoms with Gasteiger partial charge in [-0.1, -0.05) is 91.9 Å². The van der Waals surface area contributed by atoms with E-state index in [2.05, 4.69) is 27.7 Å². The molecule has 0 spiro atoms.